The third-order valence-corrected chi connectivity index (χ3v) is 15.2. The van der Waals surface area contributed by atoms with E-state index < -0.39 is 0 Å². The Morgan fingerprint density at radius 1 is 0.329 bits per heavy atom. The van der Waals surface area contributed by atoms with Crippen LogP contribution in [0, 0.1) is 0 Å². The molecule has 4 nitrogen and oxygen atoms in total. The van der Waals surface area contributed by atoms with E-state index in [2.05, 4.69) is 277 Å². The molecule has 11 aromatic carbocycles. The van der Waals surface area contributed by atoms with E-state index in [1.54, 1.807) is 0 Å². The summed E-state index contributed by atoms with van der Waals surface area (Å²) in [6.07, 6.45) is 0. The Morgan fingerprint density at radius 2 is 0.808 bits per heavy atom. The van der Waals surface area contributed by atoms with Crippen LogP contribution in [0.15, 0.2) is 265 Å². The number of furan rings is 1. The van der Waals surface area contributed by atoms with Gasteiger partial charge in [0.15, 0.2) is 0 Å². The first-order chi connectivity index (χ1) is 35.9. The molecular formula is C69H49N3O. The SMILES string of the molecule is CC1(C)c2ccccc2N(c2ccccc2)c2ccc(-c3ccc4c(c3)c3cc(-c5ccc(N(c6ccc(-c7ccccc7)cc6)c6ccc7oc8ccccc8c7c6)cc5)ccc3n4-c3ccccc3)cc21. The molecule has 0 bridgehead atoms. The lowest BCUT2D eigenvalue weighted by atomic mass is 9.73. The van der Waals surface area contributed by atoms with Gasteiger partial charge in [0.1, 0.15) is 11.2 Å². The second kappa shape index (κ2) is 16.9. The molecule has 0 radical (unpaired) electrons. The number of fused-ring (bicyclic) bond motifs is 8. The van der Waals surface area contributed by atoms with E-state index in [4.69, 9.17) is 4.42 Å². The van der Waals surface area contributed by atoms with E-state index in [0.717, 1.165) is 61.5 Å². The predicted molar refractivity (Wildman–Crippen MR) is 306 cm³/mol. The Balaban J connectivity index is 0.875. The maximum Gasteiger partial charge on any atom is 0.135 e. The maximum absolute atomic E-state index is 6.27. The molecular weight excluding hydrogens is 887 g/mol. The quantitative estimate of drug-likeness (QED) is 0.152. The molecule has 1 aliphatic rings. The second-order valence-electron chi connectivity index (χ2n) is 19.8. The van der Waals surface area contributed by atoms with Crippen LogP contribution in [-0.2, 0) is 5.41 Å². The fraction of sp³-hybridized carbons (Fsp3) is 0.0435. The Kier molecular flexibility index (Phi) is 9.84. The second-order valence-corrected chi connectivity index (χ2v) is 19.8. The van der Waals surface area contributed by atoms with Crippen molar-refractivity contribution in [2.75, 3.05) is 9.80 Å². The first-order valence-corrected chi connectivity index (χ1v) is 25.2. The lowest BCUT2D eigenvalue weighted by Crippen LogP contribution is -2.30. The number of hydrogen-bond donors (Lipinski definition) is 0. The average Bonchev–Trinajstić information content (AvgIpc) is 3.99. The minimum Gasteiger partial charge on any atom is -0.456 e. The molecule has 0 spiro atoms. The fourth-order valence-electron chi connectivity index (χ4n) is 11.5. The van der Waals surface area contributed by atoms with Crippen molar-refractivity contribution in [2.45, 2.75) is 19.3 Å². The summed E-state index contributed by atoms with van der Waals surface area (Å²) in [4.78, 5) is 4.77. The van der Waals surface area contributed by atoms with Crippen molar-refractivity contribution >= 4 is 77.9 Å². The Labute approximate surface area is 424 Å². The minimum atomic E-state index is -0.211. The van der Waals surface area contributed by atoms with Crippen molar-refractivity contribution in [3.63, 3.8) is 0 Å². The van der Waals surface area contributed by atoms with E-state index in [0.29, 0.717) is 0 Å². The number of hydrogen-bond acceptors (Lipinski definition) is 3. The Morgan fingerprint density at radius 3 is 1.49 bits per heavy atom. The first kappa shape index (κ1) is 42.5. The monoisotopic (exact) mass is 935 g/mol. The summed E-state index contributed by atoms with van der Waals surface area (Å²) < 4.78 is 8.68. The molecule has 3 heterocycles. The van der Waals surface area contributed by atoms with Gasteiger partial charge in [-0.05, 0) is 160 Å². The van der Waals surface area contributed by atoms with Gasteiger partial charge in [-0.15, -0.1) is 0 Å². The van der Waals surface area contributed by atoms with Crippen molar-refractivity contribution in [1.29, 1.82) is 0 Å². The van der Waals surface area contributed by atoms with Gasteiger partial charge in [-0.25, -0.2) is 0 Å². The van der Waals surface area contributed by atoms with Gasteiger partial charge in [0.25, 0.3) is 0 Å². The van der Waals surface area contributed by atoms with Gasteiger partial charge in [0.2, 0.25) is 0 Å². The highest BCUT2D eigenvalue weighted by atomic mass is 16.3. The van der Waals surface area contributed by atoms with Crippen molar-refractivity contribution in [3.05, 3.63) is 272 Å². The molecule has 1 aliphatic heterocycles. The van der Waals surface area contributed by atoms with Crippen molar-refractivity contribution in [3.8, 4) is 39.1 Å². The van der Waals surface area contributed by atoms with Crippen LogP contribution >= 0.6 is 0 Å². The Hall–Kier alpha value is -9.38. The largest absolute Gasteiger partial charge is 0.456 e. The summed E-state index contributed by atoms with van der Waals surface area (Å²) in [5.74, 6) is 0. The van der Waals surface area contributed by atoms with Gasteiger partial charge < -0.3 is 18.8 Å². The van der Waals surface area contributed by atoms with Gasteiger partial charge in [0, 0.05) is 55.4 Å². The molecule has 0 amide bonds. The average molecular weight is 936 g/mol. The van der Waals surface area contributed by atoms with E-state index in [1.807, 2.05) is 12.1 Å². The maximum atomic E-state index is 6.27. The number of anilines is 6. The molecule has 346 valence electrons. The van der Waals surface area contributed by atoms with E-state index >= 15 is 0 Å². The molecule has 73 heavy (non-hydrogen) atoms. The van der Waals surface area contributed by atoms with E-state index in [1.165, 1.54) is 66.6 Å². The number of para-hydroxylation sites is 4. The minimum absolute atomic E-state index is 0.211. The van der Waals surface area contributed by atoms with Crippen molar-refractivity contribution < 1.29 is 4.42 Å². The Bertz CT molecular complexity index is 4210. The molecule has 0 atom stereocenters. The number of benzene rings is 11. The van der Waals surface area contributed by atoms with Crippen molar-refractivity contribution in [1.82, 2.24) is 4.57 Å². The van der Waals surface area contributed by atoms with Crippen LogP contribution in [0.3, 0.4) is 0 Å². The van der Waals surface area contributed by atoms with Crippen LogP contribution in [0.1, 0.15) is 25.0 Å². The van der Waals surface area contributed by atoms with Crippen molar-refractivity contribution in [2.24, 2.45) is 0 Å². The van der Waals surface area contributed by atoms with Gasteiger partial charge in [-0.3, -0.25) is 0 Å². The standard InChI is InChI=1S/C69H49N3O/c1-69(2)61-23-13-14-24-65(61)72(53-20-10-5-11-21-53)66-40-32-51(44-62(66)69)50-31-39-64-59(43-50)58-42-49(30-38-63(58)71(64)52-18-8-4-9-19-52)48-28-35-55(36-29-48)70(54-33-26-47(27-34-54)46-16-6-3-7-17-46)56-37-41-68-60(45-56)57-22-12-15-25-67(57)73-68/h3-45H,1-2H3. The van der Waals surface area contributed by atoms with Gasteiger partial charge in [-0.1, -0.05) is 159 Å². The summed E-state index contributed by atoms with van der Waals surface area (Å²) in [7, 11) is 0. The summed E-state index contributed by atoms with van der Waals surface area (Å²) in [5.41, 5.74) is 21.6. The first-order valence-electron chi connectivity index (χ1n) is 25.2. The summed E-state index contributed by atoms with van der Waals surface area (Å²) in [5, 5.41) is 4.64. The van der Waals surface area contributed by atoms with Crippen LogP contribution in [0.4, 0.5) is 34.1 Å². The lowest BCUT2D eigenvalue weighted by molar-refractivity contribution is 0.632. The molecule has 0 saturated heterocycles. The zero-order valence-corrected chi connectivity index (χ0v) is 40.6. The highest BCUT2D eigenvalue weighted by molar-refractivity contribution is 6.12. The number of nitrogens with zero attached hydrogens (tertiary/aromatic N) is 3. The van der Waals surface area contributed by atoms with Gasteiger partial charge in [0.05, 0.1) is 22.4 Å². The normalized spacial score (nSPS) is 12.9. The fourth-order valence-corrected chi connectivity index (χ4v) is 11.5. The van der Waals surface area contributed by atoms with E-state index in [9.17, 15) is 0 Å². The zero-order chi connectivity index (χ0) is 48.6. The lowest BCUT2D eigenvalue weighted by Gasteiger charge is -2.42. The van der Waals surface area contributed by atoms with Gasteiger partial charge in [-0.2, -0.15) is 0 Å². The predicted octanol–water partition coefficient (Wildman–Crippen LogP) is 19.3. The van der Waals surface area contributed by atoms with Crippen LogP contribution in [0.25, 0.3) is 82.8 Å². The number of aromatic nitrogens is 1. The van der Waals surface area contributed by atoms with Gasteiger partial charge >= 0.3 is 0 Å². The smallest absolute Gasteiger partial charge is 0.135 e. The highest BCUT2D eigenvalue weighted by Gasteiger charge is 2.37. The molecule has 13 aromatic rings. The molecule has 14 rings (SSSR count). The summed E-state index contributed by atoms with van der Waals surface area (Å²) in [6, 6.07) is 94.7. The molecule has 0 fully saturated rings. The molecule has 0 N–H and O–H groups in total. The highest BCUT2D eigenvalue weighted by Crippen LogP contribution is 2.53. The van der Waals surface area contributed by atoms with E-state index in [-0.39, 0.29) is 5.41 Å². The topological polar surface area (TPSA) is 24.6 Å². The molecule has 0 saturated carbocycles. The molecule has 4 heteroatoms. The summed E-state index contributed by atoms with van der Waals surface area (Å²) in [6.45, 7) is 4.73. The molecule has 0 aliphatic carbocycles. The molecule has 0 unspecified atom stereocenters. The van der Waals surface area contributed by atoms with Crippen LogP contribution < -0.4 is 9.80 Å². The molecule has 2 aromatic heterocycles. The van der Waals surface area contributed by atoms with Crippen LogP contribution in [0.2, 0.25) is 0 Å². The third kappa shape index (κ3) is 7.05. The summed E-state index contributed by atoms with van der Waals surface area (Å²) >= 11 is 0. The van der Waals surface area contributed by atoms with Crippen LogP contribution in [-0.4, -0.2) is 4.57 Å². The number of rotatable bonds is 8. The van der Waals surface area contributed by atoms with Crippen LogP contribution in [0.5, 0.6) is 0 Å². The zero-order valence-electron chi connectivity index (χ0n) is 40.6. The third-order valence-electron chi connectivity index (χ3n) is 15.2.